The van der Waals surface area contributed by atoms with Crippen LogP contribution >= 0.6 is 15.6 Å². The van der Waals surface area contributed by atoms with Crippen LogP contribution in [0.25, 0.3) is 0 Å². The van der Waals surface area contributed by atoms with Crippen molar-refractivity contribution in [1.82, 2.24) is 0 Å². The van der Waals surface area contributed by atoms with Gasteiger partial charge in [-0.05, 0) is 43.4 Å². The van der Waals surface area contributed by atoms with Crippen molar-refractivity contribution in [2.45, 2.75) is 330 Å². The Hall–Kier alpha value is -1.94. The number of carbonyl (C=O) groups excluding carboxylic acids is 4. The molecule has 0 saturated heterocycles. The van der Waals surface area contributed by atoms with Crippen molar-refractivity contribution < 1.29 is 80.2 Å². The molecule has 0 fully saturated rings. The number of unbranched alkanes of at least 4 members (excludes halogenated alkanes) is 30. The second-order valence-electron chi connectivity index (χ2n) is 24.6. The number of aliphatic hydroxyl groups excluding tert-OH is 1. The zero-order chi connectivity index (χ0) is 61.7. The molecule has 0 heterocycles. The van der Waals surface area contributed by atoms with E-state index in [0.717, 1.165) is 108 Å². The van der Waals surface area contributed by atoms with Crippen LogP contribution in [0.2, 0.25) is 0 Å². The second kappa shape index (κ2) is 55.4. The predicted molar refractivity (Wildman–Crippen MR) is 331 cm³/mol. The first kappa shape index (κ1) is 81.1. The van der Waals surface area contributed by atoms with Gasteiger partial charge >= 0.3 is 39.5 Å². The van der Waals surface area contributed by atoms with E-state index in [0.29, 0.717) is 31.6 Å². The number of phosphoric acid groups is 2. The lowest BCUT2D eigenvalue weighted by Gasteiger charge is -2.21. The van der Waals surface area contributed by atoms with Crippen LogP contribution in [0, 0.1) is 17.8 Å². The van der Waals surface area contributed by atoms with E-state index in [1.165, 1.54) is 116 Å². The van der Waals surface area contributed by atoms with Crippen LogP contribution in [0.15, 0.2) is 0 Å². The van der Waals surface area contributed by atoms with E-state index in [2.05, 4.69) is 48.5 Å². The van der Waals surface area contributed by atoms with Gasteiger partial charge in [-0.1, -0.05) is 260 Å². The first-order valence-corrected chi connectivity index (χ1v) is 36.3. The van der Waals surface area contributed by atoms with Gasteiger partial charge in [-0.2, -0.15) is 0 Å². The minimum absolute atomic E-state index is 0.101. The van der Waals surface area contributed by atoms with Crippen LogP contribution in [0.3, 0.4) is 0 Å². The van der Waals surface area contributed by atoms with E-state index >= 15 is 0 Å². The summed E-state index contributed by atoms with van der Waals surface area (Å²) in [6.07, 6.45) is 36.7. The highest BCUT2D eigenvalue weighted by Gasteiger charge is 2.30. The van der Waals surface area contributed by atoms with Crippen molar-refractivity contribution in [2.75, 3.05) is 39.6 Å². The lowest BCUT2D eigenvalue weighted by molar-refractivity contribution is -0.161. The maximum absolute atomic E-state index is 13.0. The zero-order valence-electron chi connectivity index (χ0n) is 53.6. The minimum Gasteiger partial charge on any atom is -0.462 e. The molecule has 83 heavy (non-hydrogen) atoms. The molecule has 0 aliphatic rings. The molecule has 2 unspecified atom stereocenters. The van der Waals surface area contributed by atoms with E-state index in [9.17, 15) is 43.2 Å². The van der Waals surface area contributed by atoms with Crippen LogP contribution in [0.5, 0.6) is 0 Å². The normalized spacial score (nSPS) is 14.4. The summed E-state index contributed by atoms with van der Waals surface area (Å²) in [5.41, 5.74) is 0. The van der Waals surface area contributed by atoms with Crippen molar-refractivity contribution >= 4 is 39.5 Å². The summed E-state index contributed by atoms with van der Waals surface area (Å²) in [6.45, 7) is 11.6. The molecule has 0 rings (SSSR count). The fraction of sp³-hybridized carbons (Fsp3) is 0.938. The van der Waals surface area contributed by atoms with E-state index in [4.69, 9.17) is 37.0 Å². The SMILES string of the molecule is CCCCCCCC(=O)OC[C@H](COP(=O)(O)OC[C@H](O)COP(=O)(O)OC[C@@H](COC(=O)CCCCCCCCCCCCCC(C)C)OC(=O)CCCCCCCCCCCCCCC(C)C)OC(=O)CCCCCCCCC(C)C. The molecule has 0 aromatic carbocycles. The highest BCUT2D eigenvalue weighted by molar-refractivity contribution is 7.47. The number of carbonyl (C=O) groups is 4. The van der Waals surface area contributed by atoms with Gasteiger partial charge in [0, 0.05) is 25.7 Å². The van der Waals surface area contributed by atoms with Crippen LogP contribution in [0.1, 0.15) is 312 Å². The lowest BCUT2D eigenvalue weighted by atomic mass is 10.0. The molecule has 0 radical (unpaired) electrons. The molecule has 0 aliphatic carbocycles. The topological polar surface area (TPSA) is 237 Å². The molecular formula is C64H124O17P2. The summed E-state index contributed by atoms with van der Waals surface area (Å²) in [6, 6.07) is 0. The Morgan fingerprint density at radius 3 is 0.819 bits per heavy atom. The molecule has 0 aliphatic heterocycles. The Bertz CT molecular complexity index is 1650. The van der Waals surface area contributed by atoms with Gasteiger partial charge in [0.2, 0.25) is 0 Å². The van der Waals surface area contributed by atoms with E-state index < -0.39 is 97.5 Å². The van der Waals surface area contributed by atoms with Gasteiger partial charge in [0.15, 0.2) is 12.2 Å². The summed E-state index contributed by atoms with van der Waals surface area (Å²) in [5.74, 6) is 0.0681. The molecule has 492 valence electrons. The smallest absolute Gasteiger partial charge is 0.462 e. The Kier molecular flexibility index (Phi) is 54.1. The van der Waals surface area contributed by atoms with Crippen molar-refractivity contribution in [3.05, 3.63) is 0 Å². The lowest BCUT2D eigenvalue weighted by Crippen LogP contribution is -2.30. The third-order valence-corrected chi connectivity index (χ3v) is 16.5. The number of esters is 4. The summed E-state index contributed by atoms with van der Waals surface area (Å²) in [7, 11) is -9.88. The van der Waals surface area contributed by atoms with Crippen LogP contribution in [0.4, 0.5) is 0 Å². The number of ether oxygens (including phenoxy) is 4. The molecule has 0 amide bonds. The van der Waals surface area contributed by atoms with Gasteiger partial charge in [-0.15, -0.1) is 0 Å². The Balaban J connectivity index is 5.18. The maximum Gasteiger partial charge on any atom is 0.472 e. The average Bonchev–Trinajstić information content (AvgIpc) is 3.43. The average molecular weight is 1230 g/mol. The number of hydrogen-bond acceptors (Lipinski definition) is 15. The van der Waals surface area contributed by atoms with Gasteiger partial charge in [-0.25, -0.2) is 9.13 Å². The van der Waals surface area contributed by atoms with Crippen LogP contribution < -0.4 is 0 Å². The highest BCUT2D eigenvalue weighted by atomic mass is 31.2. The Morgan fingerprint density at radius 1 is 0.325 bits per heavy atom. The first-order valence-electron chi connectivity index (χ1n) is 33.3. The molecule has 0 bridgehead atoms. The van der Waals surface area contributed by atoms with E-state index in [1.54, 1.807) is 0 Å². The molecule has 0 spiro atoms. The minimum atomic E-state index is -4.94. The Morgan fingerprint density at radius 2 is 0.554 bits per heavy atom. The standard InChI is InChI=1S/C64H124O17P2/c1-8-9-10-28-38-45-61(66)74-51-59(81-64(69)48-41-34-27-26-31-37-44-57(6)7)53-78-82(70,71)76-49-58(65)50-77-83(72,73)79-54-60(52-75-62(67)46-39-32-24-20-17-13-15-19-23-30-36-43-56(4)5)80-63(68)47-40-33-25-21-16-12-11-14-18-22-29-35-42-55(2)3/h55-60,65H,8-54H2,1-7H3,(H,70,71)(H,72,73)/t58-,59+,60+/m0/s1. The van der Waals surface area contributed by atoms with Gasteiger partial charge in [0.1, 0.15) is 19.3 Å². The molecule has 0 saturated carbocycles. The fourth-order valence-corrected chi connectivity index (χ4v) is 11.1. The highest BCUT2D eigenvalue weighted by Crippen LogP contribution is 2.45. The largest absolute Gasteiger partial charge is 0.472 e. The summed E-state index contributed by atoms with van der Waals surface area (Å²) < 4.78 is 67.8. The predicted octanol–water partition coefficient (Wildman–Crippen LogP) is 17.5. The van der Waals surface area contributed by atoms with Crippen LogP contribution in [-0.4, -0.2) is 96.7 Å². The van der Waals surface area contributed by atoms with Gasteiger partial charge in [0.05, 0.1) is 26.4 Å². The first-order chi connectivity index (χ1) is 39.7. The van der Waals surface area contributed by atoms with Gasteiger partial charge < -0.3 is 33.8 Å². The molecule has 17 nitrogen and oxygen atoms in total. The molecule has 19 heteroatoms. The molecule has 5 atom stereocenters. The molecular weight excluding hydrogens is 1100 g/mol. The third-order valence-electron chi connectivity index (χ3n) is 14.6. The monoisotopic (exact) mass is 1230 g/mol. The number of rotatable bonds is 62. The zero-order valence-corrected chi connectivity index (χ0v) is 55.4. The number of phosphoric ester groups is 2. The molecule has 0 aromatic rings. The van der Waals surface area contributed by atoms with Crippen molar-refractivity contribution in [3.8, 4) is 0 Å². The number of aliphatic hydroxyl groups is 1. The quantitative estimate of drug-likeness (QED) is 0.0222. The summed E-state index contributed by atoms with van der Waals surface area (Å²) in [5, 5.41) is 10.5. The van der Waals surface area contributed by atoms with Gasteiger partial charge in [-0.3, -0.25) is 37.3 Å². The van der Waals surface area contributed by atoms with Crippen molar-refractivity contribution in [1.29, 1.82) is 0 Å². The molecule has 0 aromatic heterocycles. The second-order valence-corrected chi connectivity index (χ2v) is 27.5. The van der Waals surface area contributed by atoms with Crippen molar-refractivity contribution in [2.24, 2.45) is 17.8 Å². The molecule has 3 N–H and O–H groups in total. The number of hydrogen-bond donors (Lipinski definition) is 3. The van der Waals surface area contributed by atoms with Crippen molar-refractivity contribution in [3.63, 3.8) is 0 Å². The Labute approximate surface area is 505 Å². The van der Waals surface area contributed by atoms with E-state index in [1.807, 2.05) is 0 Å². The van der Waals surface area contributed by atoms with E-state index in [-0.39, 0.29) is 25.7 Å². The van der Waals surface area contributed by atoms with Crippen LogP contribution in [-0.2, 0) is 65.4 Å². The van der Waals surface area contributed by atoms with Gasteiger partial charge in [0.25, 0.3) is 0 Å². The third kappa shape index (κ3) is 58.8. The fourth-order valence-electron chi connectivity index (χ4n) is 9.48. The maximum atomic E-state index is 13.0. The summed E-state index contributed by atoms with van der Waals surface area (Å²) >= 11 is 0. The summed E-state index contributed by atoms with van der Waals surface area (Å²) in [4.78, 5) is 71.9.